The number of ether oxygens (including phenoxy) is 1. The highest BCUT2D eigenvalue weighted by molar-refractivity contribution is 9.10. The maximum atomic E-state index is 10.9. The Kier molecular flexibility index (Phi) is 4.34. The molecular weight excluding hydrogens is 324 g/mol. The average Bonchev–Trinajstić information content (AvgIpc) is 2.41. The number of carbonyl (C=O) groups is 1. The predicted octanol–water partition coefficient (Wildman–Crippen LogP) is 3.85. The van der Waals surface area contributed by atoms with E-state index in [0.29, 0.717) is 5.75 Å². The number of aromatic nitrogens is 2. The Morgan fingerprint density at radius 2 is 2.10 bits per heavy atom. The second-order valence-electron chi connectivity index (χ2n) is 4.49. The molecule has 0 aliphatic rings. The SMILES string of the molecule is CC(C)c1cc(Br)ccc1Oc1cncc(C(=O)O)n1. The minimum atomic E-state index is -1.14. The first kappa shape index (κ1) is 14.5. The molecule has 20 heavy (non-hydrogen) atoms. The molecule has 1 aromatic carbocycles. The Labute approximate surface area is 124 Å². The smallest absolute Gasteiger partial charge is 0.356 e. The monoisotopic (exact) mass is 336 g/mol. The zero-order valence-electron chi connectivity index (χ0n) is 11.0. The molecule has 0 unspecified atom stereocenters. The molecule has 0 saturated carbocycles. The van der Waals surface area contributed by atoms with Crippen molar-refractivity contribution in [3.63, 3.8) is 0 Å². The maximum absolute atomic E-state index is 10.9. The molecule has 104 valence electrons. The number of benzene rings is 1. The Morgan fingerprint density at radius 1 is 1.35 bits per heavy atom. The highest BCUT2D eigenvalue weighted by atomic mass is 79.9. The van der Waals surface area contributed by atoms with Gasteiger partial charge in [-0.15, -0.1) is 0 Å². The first-order valence-corrected chi connectivity index (χ1v) is 6.79. The third-order valence-corrected chi connectivity index (χ3v) is 3.13. The van der Waals surface area contributed by atoms with E-state index >= 15 is 0 Å². The lowest BCUT2D eigenvalue weighted by Crippen LogP contribution is -2.03. The summed E-state index contributed by atoms with van der Waals surface area (Å²) in [6, 6.07) is 5.64. The van der Waals surface area contributed by atoms with Crippen LogP contribution >= 0.6 is 15.9 Å². The number of halogens is 1. The Bertz CT molecular complexity index is 644. The predicted molar refractivity (Wildman–Crippen MR) is 77.3 cm³/mol. The van der Waals surface area contributed by atoms with Gasteiger partial charge in [0.1, 0.15) is 5.75 Å². The first-order valence-electron chi connectivity index (χ1n) is 6.00. The third-order valence-electron chi connectivity index (χ3n) is 2.64. The van der Waals surface area contributed by atoms with Crippen LogP contribution in [0.1, 0.15) is 35.8 Å². The fraction of sp³-hybridized carbons (Fsp3) is 0.214. The van der Waals surface area contributed by atoms with Crippen molar-refractivity contribution in [1.29, 1.82) is 0 Å². The average molecular weight is 337 g/mol. The largest absolute Gasteiger partial charge is 0.476 e. The number of hydrogen-bond donors (Lipinski definition) is 1. The van der Waals surface area contributed by atoms with E-state index in [0.717, 1.165) is 10.0 Å². The number of nitrogens with zero attached hydrogens (tertiary/aromatic N) is 2. The number of carboxylic acid groups (broad SMARTS) is 1. The molecule has 0 bridgehead atoms. The second-order valence-corrected chi connectivity index (χ2v) is 5.40. The van der Waals surface area contributed by atoms with Gasteiger partial charge in [-0.05, 0) is 29.7 Å². The lowest BCUT2D eigenvalue weighted by atomic mass is 10.0. The molecule has 0 aliphatic carbocycles. The summed E-state index contributed by atoms with van der Waals surface area (Å²) in [4.78, 5) is 18.6. The summed E-state index contributed by atoms with van der Waals surface area (Å²) in [7, 11) is 0. The first-order chi connectivity index (χ1) is 9.47. The molecule has 0 saturated heterocycles. The molecule has 1 N–H and O–H groups in total. The molecule has 1 heterocycles. The van der Waals surface area contributed by atoms with Crippen LogP contribution in [0.2, 0.25) is 0 Å². The fourth-order valence-corrected chi connectivity index (χ4v) is 2.06. The molecule has 1 aromatic heterocycles. The number of aromatic carboxylic acids is 1. The third kappa shape index (κ3) is 3.33. The molecular formula is C14H13BrN2O3. The van der Waals surface area contributed by atoms with Crippen LogP contribution in [-0.2, 0) is 0 Å². The van der Waals surface area contributed by atoms with Gasteiger partial charge in [-0.1, -0.05) is 29.8 Å². The molecule has 5 nitrogen and oxygen atoms in total. The van der Waals surface area contributed by atoms with Gasteiger partial charge in [0.25, 0.3) is 0 Å². The van der Waals surface area contributed by atoms with Gasteiger partial charge in [0.05, 0.1) is 12.4 Å². The molecule has 0 radical (unpaired) electrons. The molecule has 2 rings (SSSR count). The van der Waals surface area contributed by atoms with Crippen LogP contribution in [0, 0.1) is 0 Å². The Balaban J connectivity index is 2.35. The molecule has 0 fully saturated rings. The molecule has 0 aliphatic heterocycles. The summed E-state index contributed by atoms with van der Waals surface area (Å²) in [6.45, 7) is 4.10. The van der Waals surface area contributed by atoms with Gasteiger partial charge in [0, 0.05) is 4.47 Å². The van der Waals surface area contributed by atoms with Crippen LogP contribution in [0.4, 0.5) is 0 Å². The van der Waals surface area contributed by atoms with E-state index in [1.807, 2.05) is 32.0 Å². The van der Waals surface area contributed by atoms with Gasteiger partial charge in [0.15, 0.2) is 5.69 Å². The van der Waals surface area contributed by atoms with E-state index in [4.69, 9.17) is 9.84 Å². The molecule has 0 atom stereocenters. The summed E-state index contributed by atoms with van der Waals surface area (Å²) in [5.74, 6) is -0.0740. The van der Waals surface area contributed by atoms with E-state index < -0.39 is 5.97 Å². The quantitative estimate of drug-likeness (QED) is 0.917. The second kappa shape index (κ2) is 6.00. The van der Waals surface area contributed by atoms with E-state index in [2.05, 4.69) is 25.9 Å². The van der Waals surface area contributed by atoms with Crippen LogP contribution in [0.15, 0.2) is 35.1 Å². The van der Waals surface area contributed by atoms with Gasteiger partial charge in [-0.25, -0.2) is 9.78 Å². The van der Waals surface area contributed by atoms with Crippen LogP contribution < -0.4 is 4.74 Å². The van der Waals surface area contributed by atoms with E-state index in [1.165, 1.54) is 12.4 Å². The molecule has 0 amide bonds. The van der Waals surface area contributed by atoms with Crippen LogP contribution in [0.25, 0.3) is 0 Å². The number of carboxylic acids is 1. The topological polar surface area (TPSA) is 72.3 Å². The van der Waals surface area contributed by atoms with Crippen molar-refractivity contribution < 1.29 is 14.6 Å². The lowest BCUT2D eigenvalue weighted by Gasteiger charge is -2.13. The number of hydrogen-bond acceptors (Lipinski definition) is 4. The van der Waals surface area contributed by atoms with Crippen molar-refractivity contribution in [1.82, 2.24) is 9.97 Å². The lowest BCUT2D eigenvalue weighted by molar-refractivity contribution is 0.0689. The van der Waals surface area contributed by atoms with Gasteiger partial charge in [0.2, 0.25) is 5.88 Å². The normalized spacial score (nSPS) is 10.6. The summed E-state index contributed by atoms with van der Waals surface area (Å²) < 4.78 is 6.62. The van der Waals surface area contributed by atoms with E-state index in [9.17, 15) is 4.79 Å². The van der Waals surface area contributed by atoms with Crippen molar-refractivity contribution >= 4 is 21.9 Å². The van der Waals surface area contributed by atoms with Gasteiger partial charge < -0.3 is 9.84 Å². The maximum Gasteiger partial charge on any atom is 0.356 e. The van der Waals surface area contributed by atoms with Crippen LogP contribution in [0.3, 0.4) is 0 Å². The Hall–Kier alpha value is -1.95. The van der Waals surface area contributed by atoms with Crippen LogP contribution in [-0.4, -0.2) is 21.0 Å². The summed E-state index contributed by atoms with van der Waals surface area (Å²) in [5, 5.41) is 8.89. The van der Waals surface area contributed by atoms with Gasteiger partial charge >= 0.3 is 5.97 Å². The highest BCUT2D eigenvalue weighted by Gasteiger charge is 2.12. The summed E-state index contributed by atoms with van der Waals surface area (Å²) in [5.41, 5.74) is 0.854. The fourth-order valence-electron chi connectivity index (χ4n) is 1.68. The highest BCUT2D eigenvalue weighted by Crippen LogP contribution is 2.32. The zero-order chi connectivity index (χ0) is 14.7. The molecule has 2 aromatic rings. The van der Waals surface area contributed by atoms with Crippen LogP contribution in [0.5, 0.6) is 11.6 Å². The summed E-state index contributed by atoms with van der Waals surface area (Å²) in [6.07, 6.45) is 2.57. The van der Waals surface area contributed by atoms with Crippen molar-refractivity contribution in [3.8, 4) is 11.6 Å². The van der Waals surface area contributed by atoms with Crippen molar-refractivity contribution in [2.45, 2.75) is 19.8 Å². The molecule has 6 heteroatoms. The van der Waals surface area contributed by atoms with Crippen molar-refractivity contribution in [3.05, 3.63) is 46.3 Å². The standard InChI is InChI=1S/C14H13BrN2O3/c1-8(2)10-5-9(15)3-4-12(10)20-13-7-16-6-11(17-13)14(18)19/h3-8H,1-2H3,(H,18,19). The summed E-state index contributed by atoms with van der Waals surface area (Å²) >= 11 is 3.42. The van der Waals surface area contributed by atoms with Crippen molar-refractivity contribution in [2.75, 3.05) is 0 Å². The minimum Gasteiger partial charge on any atom is -0.476 e. The Morgan fingerprint density at radius 3 is 2.75 bits per heavy atom. The van der Waals surface area contributed by atoms with E-state index in [-0.39, 0.29) is 17.5 Å². The molecule has 0 spiro atoms. The van der Waals surface area contributed by atoms with E-state index in [1.54, 1.807) is 0 Å². The van der Waals surface area contributed by atoms with Gasteiger partial charge in [-0.3, -0.25) is 4.98 Å². The number of rotatable bonds is 4. The van der Waals surface area contributed by atoms with Crippen molar-refractivity contribution in [2.24, 2.45) is 0 Å². The minimum absolute atomic E-state index is 0.147. The van der Waals surface area contributed by atoms with Gasteiger partial charge in [-0.2, -0.15) is 0 Å². The zero-order valence-corrected chi connectivity index (χ0v) is 12.6.